The molecule has 11 heteroatoms. The third-order valence-electron chi connectivity index (χ3n) is 14.6. The monoisotopic (exact) mass is 770 g/mol. The summed E-state index contributed by atoms with van der Waals surface area (Å²) < 4.78 is 34.0. The molecule has 18 unspecified atom stereocenters. The topological polar surface area (TPSA) is 144 Å². The van der Waals surface area contributed by atoms with Gasteiger partial charge in [-0.25, -0.2) is 0 Å². The average Bonchev–Trinajstić information content (AvgIpc) is 3.44. The molecular weight excluding hydrogens is 699 g/mol. The molecule has 0 aromatic heterocycles. The van der Waals surface area contributed by atoms with Gasteiger partial charge in [-0.15, -0.1) is 0 Å². The molecule has 54 heavy (non-hydrogen) atoms. The smallest absolute Gasteiger partial charge is 0.550 e. The molecular formula is C43H71NaO10. The van der Waals surface area contributed by atoms with Crippen molar-refractivity contribution in [3.8, 4) is 0 Å². The van der Waals surface area contributed by atoms with Gasteiger partial charge in [-0.1, -0.05) is 68.4 Å². The minimum atomic E-state index is -1.11. The van der Waals surface area contributed by atoms with Gasteiger partial charge in [-0.05, 0) is 89.0 Å². The first kappa shape index (κ1) is 46.3. The van der Waals surface area contributed by atoms with Gasteiger partial charge in [-0.3, -0.25) is 4.79 Å². The molecule has 18 atom stereocenters. The molecule has 4 fully saturated rings. The number of Topliss-reactive ketones (excluding diaryl/α,β-unsaturated/α-hetero) is 1. The van der Waals surface area contributed by atoms with Crippen LogP contribution in [0.4, 0.5) is 0 Å². The van der Waals surface area contributed by atoms with E-state index in [-0.39, 0.29) is 71.2 Å². The molecule has 5 rings (SSSR count). The van der Waals surface area contributed by atoms with E-state index in [2.05, 4.69) is 33.8 Å². The summed E-state index contributed by atoms with van der Waals surface area (Å²) in [7, 11) is 0. The van der Waals surface area contributed by atoms with E-state index in [1.54, 1.807) is 6.92 Å². The van der Waals surface area contributed by atoms with Crippen molar-refractivity contribution in [1.29, 1.82) is 0 Å². The fourth-order valence-electron chi connectivity index (χ4n) is 10.9. The maximum absolute atomic E-state index is 14.5. The van der Waals surface area contributed by atoms with E-state index in [1.807, 2.05) is 47.6 Å². The molecule has 0 aromatic carbocycles. The molecule has 0 bridgehead atoms. The first-order chi connectivity index (χ1) is 24.8. The van der Waals surface area contributed by atoms with Crippen molar-refractivity contribution in [3.05, 3.63) is 12.2 Å². The maximum atomic E-state index is 14.5. The maximum Gasteiger partial charge on any atom is 1.00 e. The van der Waals surface area contributed by atoms with Crippen molar-refractivity contribution < 1.29 is 78.2 Å². The predicted octanol–water partition coefficient (Wildman–Crippen LogP) is 3.13. The molecule has 10 nitrogen and oxygen atoms in total. The SMILES string of the molecule is CCC(C(=O)[O-])C1OC(C(C)C(O)C(C)C(=O)C(CC)C2OC3(C=CCC4(CCC(C)(C5CCC(O)(CC)C(C)O5)O4)O3)C(C)CC2C)C(C)CC1C.[Na+]. The third-order valence-corrected chi connectivity index (χ3v) is 14.6. The Hall–Kier alpha value is -0.400. The summed E-state index contributed by atoms with van der Waals surface area (Å²) in [6.45, 7) is 22.0. The largest absolute Gasteiger partial charge is 1.00 e. The number of carbonyl (C=O) groups excluding carboxylic acids is 2. The first-order valence-electron chi connectivity index (χ1n) is 21.0. The molecule has 0 aliphatic carbocycles. The Morgan fingerprint density at radius 2 is 1.50 bits per heavy atom. The Balaban J connectivity index is 0.00000650. The fourth-order valence-corrected chi connectivity index (χ4v) is 10.9. The molecule has 2 spiro atoms. The van der Waals surface area contributed by atoms with E-state index in [0.29, 0.717) is 44.9 Å². The van der Waals surface area contributed by atoms with Crippen LogP contribution in [0, 0.1) is 47.3 Å². The molecule has 5 heterocycles. The van der Waals surface area contributed by atoms with Crippen LogP contribution in [0.3, 0.4) is 0 Å². The summed E-state index contributed by atoms with van der Waals surface area (Å²) in [5.74, 6) is -5.17. The normalized spacial score (nSPS) is 45.3. The van der Waals surface area contributed by atoms with Crippen molar-refractivity contribution in [1.82, 2.24) is 0 Å². The van der Waals surface area contributed by atoms with Crippen molar-refractivity contribution in [2.24, 2.45) is 47.3 Å². The first-order valence-corrected chi connectivity index (χ1v) is 21.0. The standard InChI is InChI=1S/C43H72O10.Na/c1-12-31(35(45)28(8)34(44)29(9)36-24(4)22-25(5)37(50-36)32(13-2)39(46)47)38-26(6)23-27(7)43(51-38)18-15-17-42(53-43)21-20-40(11,52-42)33-16-19-41(48,14-3)30(10)49-33;/h15,18,24-34,36-38,44,48H,12-14,16-17,19-23H2,1-11H3,(H,46,47);/q;+1/p-1. The minimum absolute atomic E-state index is 0. The summed E-state index contributed by atoms with van der Waals surface area (Å²) in [6, 6.07) is 0. The second-order valence-electron chi connectivity index (χ2n) is 18.4. The summed E-state index contributed by atoms with van der Waals surface area (Å²) in [4.78, 5) is 26.4. The van der Waals surface area contributed by atoms with Crippen LogP contribution in [0.1, 0.15) is 140 Å². The van der Waals surface area contributed by atoms with Gasteiger partial charge < -0.3 is 43.8 Å². The zero-order chi connectivity index (χ0) is 39.3. The van der Waals surface area contributed by atoms with Gasteiger partial charge in [0, 0.05) is 48.4 Å². The van der Waals surface area contributed by atoms with E-state index in [4.69, 9.17) is 23.7 Å². The number of hydrogen-bond donors (Lipinski definition) is 2. The van der Waals surface area contributed by atoms with Crippen molar-refractivity contribution in [2.75, 3.05) is 0 Å². The number of carboxylic acid groups (broad SMARTS) is 1. The summed E-state index contributed by atoms with van der Waals surface area (Å²) in [5.41, 5.74) is -1.40. The number of aliphatic carboxylic acids is 1. The molecule has 5 aliphatic rings. The quantitative estimate of drug-likeness (QED) is 0.225. The van der Waals surface area contributed by atoms with E-state index >= 15 is 0 Å². The number of aliphatic hydroxyl groups is 2. The van der Waals surface area contributed by atoms with Crippen LogP contribution in [0.15, 0.2) is 12.2 Å². The molecule has 5 aliphatic heterocycles. The Labute approximate surface area is 347 Å². The van der Waals surface area contributed by atoms with Crippen LogP contribution < -0.4 is 34.7 Å². The Bertz CT molecular complexity index is 1330. The zero-order valence-corrected chi connectivity index (χ0v) is 37.5. The van der Waals surface area contributed by atoms with Gasteiger partial charge in [0.2, 0.25) is 0 Å². The molecule has 0 radical (unpaired) electrons. The summed E-state index contributed by atoms with van der Waals surface area (Å²) in [5, 5.41) is 34.8. The number of rotatable bonds is 12. The van der Waals surface area contributed by atoms with Crippen LogP contribution in [0.2, 0.25) is 0 Å². The molecule has 0 aromatic rings. The summed E-state index contributed by atoms with van der Waals surface area (Å²) >= 11 is 0. The second-order valence-corrected chi connectivity index (χ2v) is 18.4. The number of ether oxygens (including phenoxy) is 5. The minimum Gasteiger partial charge on any atom is -0.550 e. The molecule has 304 valence electrons. The van der Waals surface area contributed by atoms with Crippen molar-refractivity contribution >= 4 is 11.8 Å². The van der Waals surface area contributed by atoms with E-state index < -0.39 is 76.8 Å². The molecule has 0 amide bonds. The van der Waals surface area contributed by atoms with Gasteiger partial charge in [0.15, 0.2) is 11.6 Å². The predicted molar refractivity (Wildman–Crippen MR) is 199 cm³/mol. The van der Waals surface area contributed by atoms with Gasteiger partial charge in [0.25, 0.3) is 0 Å². The second kappa shape index (κ2) is 17.8. The van der Waals surface area contributed by atoms with Gasteiger partial charge >= 0.3 is 29.6 Å². The Morgan fingerprint density at radius 1 is 0.870 bits per heavy atom. The van der Waals surface area contributed by atoms with E-state index in [9.17, 15) is 24.9 Å². The van der Waals surface area contributed by atoms with Crippen molar-refractivity contribution in [2.45, 2.75) is 200 Å². The van der Waals surface area contributed by atoms with E-state index in [0.717, 1.165) is 19.3 Å². The Kier molecular flexibility index (Phi) is 15.3. The van der Waals surface area contributed by atoms with Gasteiger partial charge in [0.05, 0.1) is 47.8 Å². The van der Waals surface area contributed by atoms with Crippen LogP contribution in [0.25, 0.3) is 0 Å². The average molecular weight is 771 g/mol. The van der Waals surface area contributed by atoms with Crippen LogP contribution in [-0.4, -0.2) is 81.4 Å². The number of aliphatic hydroxyl groups excluding tert-OH is 1. The Morgan fingerprint density at radius 3 is 2.09 bits per heavy atom. The van der Waals surface area contributed by atoms with Crippen LogP contribution in [-0.2, 0) is 33.3 Å². The fraction of sp³-hybridized carbons (Fsp3) is 0.907. The number of hydrogen-bond acceptors (Lipinski definition) is 10. The molecule has 0 saturated carbocycles. The molecule has 4 saturated heterocycles. The van der Waals surface area contributed by atoms with Crippen molar-refractivity contribution in [3.63, 3.8) is 0 Å². The van der Waals surface area contributed by atoms with E-state index in [1.165, 1.54) is 0 Å². The van der Waals surface area contributed by atoms with Crippen LogP contribution in [0.5, 0.6) is 0 Å². The zero-order valence-electron chi connectivity index (χ0n) is 35.5. The number of ketones is 1. The van der Waals surface area contributed by atoms with Gasteiger partial charge in [0.1, 0.15) is 5.78 Å². The van der Waals surface area contributed by atoms with Gasteiger partial charge in [-0.2, -0.15) is 0 Å². The number of carboxylic acids is 1. The number of carbonyl (C=O) groups is 2. The molecule has 2 N–H and O–H groups in total. The van der Waals surface area contributed by atoms with Crippen LogP contribution >= 0.6 is 0 Å². The summed E-state index contributed by atoms with van der Waals surface area (Å²) in [6.07, 6.45) is 7.94. The third kappa shape index (κ3) is 8.79.